The average molecular weight is 260 g/mol. The number of nitrogens with zero attached hydrogens (tertiary/aromatic N) is 1. The lowest BCUT2D eigenvalue weighted by Gasteiger charge is -2.30. The molecule has 2 N–H and O–H groups in total. The van der Waals surface area contributed by atoms with Crippen molar-refractivity contribution >= 4 is 5.82 Å². The number of aromatic amines is 1. The van der Waals surface area contributed by atoms with Crippen molar-refractivity contribution in [2.45, 2.75) is 58.8 Å². The molecular weight excluding hydrogens is 238 g/mol. The topological polar surface area (TPSA) is 59.2 Å². The molecule has 0 fully saturated rings. The highest BCUT2D eigenvalue weighted by atomic mass is 16.5. The van der Waals surface area contributed by atoms with E-state index in [1.54, 1.807) is 0 Å². The Balaban J connectivity index is 2.37. The monoisotopic (exact) mass is 260 g/mol. The van der Waals surface area contributed by atoms with Crippen LogP contribution in [-0.4, -0.2) is 11.6 Å². The van der Waals surface area contributed by atoms with Gasteiger partial charge in [-0.05, 0) is 33.3 Å². The molecule has 1 aliphatic heterocycles. The van der Waals surface area contributed by atoms with Crippen LogP contribution in [0.25, 0.3) is 0 Å². The lowest BCUT2D eigenvalue weighted by atomic mass is 9.95. The second-order valence-corrected chi connectivity index (χ2v) is 5.85. The van der Waals surface area contributed by atoms with Crippen molar-refractivity contribution < 1.29 is 9.72 Å². The standard InChI is InChI=1S/C15H21N3O/c1-5-10(2)17-14-11(8-16)6-12-9-19-15(3,4)7-13(12)18-14/h6,10H,5,7,9H2,1-4H3,(H,17,18)/p+1/t10-/m0/s1. The highest BCUT2D eigenvalue weighted by Crippen LogP contribution is 2.27. The van der Waals surface area contributed by atoms with Crippen LogP contribution in [0, 0.1) is 11.3 Å². The van der Waals surface area contributed by atoms with Gasteiger partial charge >= 0.3 is 0 Å². The van der Waals surface area contributed by atoms with Gasteiger partial charge in [-0.25, -0.2) is 4.98 Å². The van der Waals surface area contributed by atoms with Gasteiger partial charge in [0.15, 0.2) is 0 Å². The van der Waals surface area contributed by atoms with Crippen molar-refractivity contribution in [1.82, 2.24) is 0 Å². The van der Waals surface area contributed by atoms with E-state index in [0.717, 1.165) is 24.2 Å². The largest absolute Gasteiger partial charge is 0.370 e. The molecule has 1 aromatic heterocycles. The summed E-state index contributed by atoms with van der Waals surface area (Å²) in [4.78, 5) is 3.39. The van der Waals surface area contributed by atoms with Crippen LogP contribution >= 0.6 is 0 Å². The number of rotatable bonds is 3. The molecule has 1 atom stereocenters. The molecule has 0 aromatic carbocycles. The molecule has 0 amide bonds. The highest BCUT2D eigenvalue weighted by molar-refractivity contribution is 5.50. The summed E-state index contributed by atoms with van der Waals surface area (Å²) in [5, 5.41) is 12.6. The number of nitriles is 1. The van der Waals surface area contributed by atoms with Gasteiger partial charge in [-0.3, -0.25) is 5.32 Å². The van der Waals surface area contributed by atoms with E-state index in [4.69, 9.17) is 4.74 Å². The first-order valence-corrected chi connectivity index (χ1v) is 6.84. The van der Waals surface area contributed by atoms with E-state index in [1.165, 1.54) is 5.69 Å². The van der Waals surface area contributed by atoms with Gasteiger partial charge in [0.1, 0.15) is 17.3 Å². The van der Waals surface area contributed by atoms with Gasteiger partial charge < -0.3 is 4.74 Å². The Labute approximate surface area is 114 Å². The highest BCUT2D eigenvalue weighted by Gasteiger charge is 2.30. The van der Waals surface area contributed by atoms with E-state index in [2.05, 4.69) is 44.1 Å². The number of H-pyrrole nitrogens is 1. The maximum atomic E-state index is 9.26. The number of nitrogens with one attached hydrogen (secondary N) is 2. The maximum absolute atomic E-state index is 9.26. The van der Waals surface area contributed by atoms with Crippen molar-refractivity contribution in [3.8, 4) is 6.07 Å². The number of anilines is 1. The molecule has 1 aromatic rings. The van der Waals surface area contributed by atoms with Gasteiger partial charge in [0.2, 0.25) is 0 Å². The Morgan fingerprint density at radius 1 is 1.58 bits per heavy atom. The van der Waals surface area contributed by atoms with Crippen molar-refractivity contribution in [1.29, 1.82) is 5.26 Å². The molecule has 0 bridgehead atoms. The Bertz CT molecular complexity index is 517. The van der Waals surface area contributed by atoms with Gasteiger partial charge in [-0.2, -0.15) is 5.26 Å². The molecule has 0 unspecified atom stereocenters. The molecule has 19 heavy (non-hydrogen) atoms. The second kappa shape index (κ2) is 5.18. The molecule has 0 radical (unpaired) electrons. The quantitative estimate of drug-likeness (QED) is 0.908. The van der Waals surface area contributed by atoms with E-state index >= 15 is 0 Å². The summed E-state index contributed by atoms with van der Waals surface area (Å²) < 4.78 is 5.78. The van der Waals surface area contributed by atoms with Crippen LogP contribution in [0.4, 0.5) is 5.82 Å². The van der Waals surface area contributed by atoms with Crippen LogP contribution in [0.2, 0.25) is 0 Å². The molecule has 1 aliphatic rings. The summed E-state index contributed by atoms with van der Waals surface area (Å²) in [7, 11) is 0. The van der Waals surface area contributed by atoms with Gasteiger partial charge in [0.05, 0.1) is 18.2 Å². The second-order valence-electron chi connectivity index (χ2n) is 5.85. The minimum Gasteiger partial charge on any atom is -0.370 e. The third-order valence-electron chi connectivity index (χ3n) is 3.60. The van der Waals surface area contributed by atoms with Crippen molar-refractivity contribution in [2.24, 2.45) is 0 Å². The number of fused-ring (bicyclic) bond motifs is 1. The van der Waals surface area contributed by atoms with Gasteiger partial charge in [0.25, 0.3) is 5.82 Å². The summed E-state index contributed by atoms with van der Waals surface area (Å²) in [6, 6.07) is 4.52. The normalized spacial score (nSPS) is 18.3. The Hall–Kier alpha value is -1.60. The summed E-state index contributed by atoms with van der Waals surface area (Å²) >= 11 is 0. The van der Waals surface area contributed by atoms with Crippen molar-refractivity contribution in [2.75, 3.05) is 5.32 Å². The smallest absolute Gasteiger partial charge is 0.290 e. The van der Waals surface area contributed by atoms with Crippen LogP contribution in [0.15, 0.2) is 6.07 Å². The van der Waals surface area contributed by atoms with E-state index < -0.39 is 0 Å². The van der Waals surface area contributed by atoms with Gasteiger partial charge in [-0.15, -0.1) is 0 Å². The number of pyridine rings is 1. The molecule has 0 saturated carbocycles. The van der Waals surface area contributed by atoms with E-state index in [-0.39, 0.29) is 5.60 Å². The Morgan fingerprint density at radius 2 is 2.32 bits per heavy atom. The summed E-state index contributed by atoms with van der Waals surface area (Å²) in [6.07, 6.45) is 1.85. The van der Waals surface area contributed by atoms with Gasteiger partial charge in [0, 0.05) is 12.0 Å². The Kier molecular flexibility index (Phi) is 3.77. The lowest BCUT2D eigenvalue weighted by Crippen LogP contribution is -2.37. The van der Waals surface area contributed by atoms with E-state index in [0.29, 0.717) is 18.2 Å². The number of aromatic nitrogens is 1. The molecule has 0 spiro atoms. The van der Waals surface area contributed by atoms with Crippen LogP contribution < -0.4 is 10.3 Å². The molecule has 2 heterocycles. The fourth-order valence-corrected chi connectivity index (χ4v) is 2.22. The molecule has 4 nitrogen and oxygen atoms in total. The number of hydrogen-bond donors (Lipinski definition) is 1. The average Bonchev–Trinajstić information content (AvgIpc) is 2.36. The fourth-order valence-electron chi connectivity index (χ4n) is 2.22. The first-order valence-electron chi connectivity index (χ1n) is 6.84. The molecule has 4 heteroatoms. The lowest BCUT2D eigenvalue weighted by molar-refractivity contribution is -0.381. The minimum atomic E-state index is -0.148. The molecule has 0 aliphatic carbocycles. The first-order chi connectivity index (χ1) is 8.95. The van der Waals surface area contributed by atoms with Crippen LogP contribution in [0.1, 0.15) is 50.9 Å². The summed E-state index contributed by atoms with van der Waals surface area (Å²) in [5.74, 6) is 0.827. The fraction of sp³-hybridized carbons (Fsp3) is 0.600. The minimum absolute atomic E-state index is 0.148. The predicted molar refractivity (Wildman–Crippen MR) is 73.7 cm³/mol. The number of ether oxygens (including phenoxy) is 1. The first kappa shape index (κ1) is 13.8. The third-order valence-corrected chi connectivity index (χ3v) is 3.60. The molecule has 2 rings (SSSR count). The van der Waals surface area contributed by atoms with Crippen LogP contribution in [0.3, 0.4) is 0 Å². The summed E-state index contributed by atoms with van der Waals surface area (Å²) in [5.41, 5.74) is 2.76. The molecule has 102 valence electrons. The van der Waals surface area contributed by atoms with Gasteiger partial charge in [-0.1, -0.05) is 6.92 Å². The maximum Gasteiger partial charge on any atom is 0.290 e. The summed E-state index contributed by atoms with van der Waals surface area (Å²) in [6.45, 7) is 8.98. The van der Waals surface area contributed by atoms with E-state index in [1.807, 2.05) is 6.07 Å². The van der Waals surface area contributed by atoms with Crippen molar-refractivity contribution in [3.63, 3.8) is 0 Å². The van der Waals surface area contributed by atoms with Crippen LogP contribution in [0.5, 0.6) is 0 Å². The van der Waals surface area contributed by atoms with Crippen molar-refractivity contribution in [3.05, 3.63) is 22.9 Å². The zero-order valence-corrected chi connectivity index (χ0v) is 12.1. The Morgan fingerprint density at radius 3 is 2.95 bits per heavy atom. The molecular formula is C15H22N3O+. The number of hydrogen-bond acceptors (Lipinski definition) is 3. The molecule has 0 saturated heterocycles. The zero-order valence-electron chi connectivity index (χ0n) is 12.1. The van der Waals surface area contributed by atoms with Crippen LogP contribution in [-0.2, 0) is 17.8 Å². The predicted octanol–water partition coefficient (Wildman–Crippen LogP) is 2.43. The third kappa shape index (κ3) is 3.05. The zero-order chi connectivity index (χ0) is 14.0. The van der Waals surface area contributed by atoms with E-state index in [9.17, 15) is 5.26 Å². The SMILES string of the molecule is CC[C@H](C)Nc1[nH+]c2c(cc1C#N)COC(C)(C)C2.